The van der Waals surface area contributed by atoms with E-state index in [-0.39, 0.29) is 17.4 Å². The van der Waals surface area contributed by atoms with Crippen LogP contribution in [0.5, 0.6) is 0 Å². The molecule has 3 heteroatoms. The van der Waals surface area contributed by atoms with Crippen LogP contribution in [-0.4, -0.2) is 19.0 Å². The van der Waals surface area contributed by atoms with Gasteiger partial charge in [0.25, 0.3) is 0 Å². The van der Waals surface area contributed by atoms with Gasteiger partial charge in [-0.3, -0.25) is 4.79 Å². The monoisotopic (exact) mass is 186 g/mol. The number of carbonyl (C=O) groups excluding carboxylic acids is 1. The van der Waals surface area contributed by atoms with Gasteiger partial charge in [-0.2, -0.15) is 0 Å². The Morgan fingerprint density at radius 1 is 1.46 bits per heavy atom. The van der Waals surface area contributed by atoms with Gasteiger partial charge in [-0.25, -0.2) is 0 Å². The standard InChI is InChI=1S/C10H22N2O/c1-7(2)9(11)10(3,4)6-8(13)12-5/h7,9H,6,11H2,1-5H3,(H,12,13)/t9-/m0/s1. The fourth-order valence-corrected chi connectivity index (χ4v) is 1.52. The van der Waals surface area contributed by atoms with Crippen molar-refractivity contribution in [3.8, 4) is 0 Å². The van der Waals surface area contributed by atoms with Gasteiger partial charge in [-0.05, 0) is 11.3 Å². The first-order valence-corrected chi connectivity index (χ1v) is 4.77. The van der Waals surface area contributed by atoms with Crippen LogP contribution >= 0.6 is 0 Å². The largest absolute Gasteiger partial charge is 0.359 e. The lowest BCUT2D eigenvalue weighted by Crippen LogP contribution is -2.44. The van der Waals surface area contributed by atoms with Gasteiger partial charge < -0.3 is 11.1 Å². The molecule has 78 valence electrons. The SMILES string of the molecule is CNC(=O)CC(C)(C)[C@@H](N)C(C)C. The van der Waals surface area contributed by atoms with Crippen molar-refractivity contribution in [2.45, 2.75) is 40.2 Å². The van der Waals surface area contributed by atoms with Crippen molar-refractivity contribution in [2.75, 3.05) is 7.05 Å². The summed E-state index contributed by atoms with van der Waals surface area (Å²) in [6.45, 7) is 8.23. The molecular formula is C10H22N2O. The summed E-state index contributed by atoms with van der Waals surface area (Å²) in [7, 11) is 1.65. The number of nitrogens with one attached hydrogen (secondary N) is 1. The molecule has 1 atom stereocenters. The van der Waals surface area contributed by atoms with Crippen LogP contribution in [0.4, 0.5) is 0 Å². The number of rotatable bonds is 4. The molecule has 1 amide bonds. The molecule has 13 heavy (non-hydrogen) atoms. The van der Waals surface area contributed by atoms with Crippen LogP contribution in [0.2, 0.25) is 0 Å². The van der Waals surface area contributed by atoms with Gasteiger partial charge in [0.05, 0.1) is 0 Å². The number of carbonyl (C=O) groups is 1. The van der Waals surface area contributed by atoms with Crippen molar-refractivity contribution in [3.05, 3.63) is 0 Å². The molecule has 0 aromatic rings. The molecule has 0 radical (unpaired) electrons. The molecule has 3 N–H and O–H groups in total. The van der Waals surface area contributed by atoms with E-state index in [0.29, 0.717) is 12.3 Å². The summed E-state index contributed by atoms with van der Waals surface area (Å²) in [5, 5.41) is 2.62. The smallest absolute Gasteiger partial charge is 0.220 e. The van der Waals surface area contributed by atoms with Crippen molar-refractivity contribution in [2.24, 2.45) is 17.1 Å². The third-order valence-electron chi connectivity index (χ3n) is 2.52. The van der Waals surface area contributed by atoms with E-state index in [1.54, 1.807) is 7.05 Å². The molecular weight excluding hydrogens is 164 g/mol. The van der Waals surface area contributed by atoms with E-state index in [1.165, 1.54) is 0 Å². The summed E-state index contributed by atoms with van der Waals surface area (Å²) in [5.41, 5.74) is 5.89. The van der Waals surface area contributed by atoms with Crippen molar-refractivity contribution in [3.63, 3.8) is 0 Å². The maximum atomic E-state index is 11.2. The zero-order valence-electron chi connectivity index (χ0n) is 9.35. The number of nitrogens with two attached hydrogens (primary N) is 1. The minimum Gasteiger partial charge on any atom is -0.359 e. The highest BCUT2D eigenvalue weighted by molar-refractivity contribution is 5.76. The zero-order chi connectivity index (χ0) is 10.6. The molecule has 0 saturated carbocycles. The number of hydrogen-bond acceptors (Lipinski definition) is 2. The molecule has 0 unspecified atom stereocenters. The minimum absolute atomic E-state index is 0.0566. The van der Waals surface area contributed by atoms with Crippen LogP contribution in [0.25, 0.3) is 0 Å². The molecule has 0 fully saturated rings. The Kier molecular flexibility index (Phi) is 4.40. The highest BCUT2D eigenvalue weighted by Crippen LogP contribution is 2.27. The van der Waals surface area contributed by atoms with E-state index in [0.717, 1.165) is 0 Å². The van der Waals surface area contributed by atoms with Gasteiger partial charge >= 0.3 is 0 Å². The molecule has 0 spiro atoms. The fraction of sp³-hybridized carbons (Fsp3) is 0.900. The Labute approximate surface area is 81.1 Å². The number of hydrogen-bond donors (Lipinski definition) is 2. The van der Waals surface area contributed by atoms with Gasteiger partial charge in [0.15, 0.2) is 0 Å². The van der Waals surface area contributed by atoms with Crippen LogP contribution in [0.1, 0.15) is 34.1 Å². The van der Waals surface area contributed by atoms with Gasteiger partial charge in [0.2, 0.25) is 5.91 Å². The van der Waals surface area contributed by atoms with E-state index in [2.05, 4.69) is 19.2 Å². The molecule has 3 nitrogen and oxygen atoms in total. The topological polar surface area (TPSA) is 55.1 Å². The molecule has 0 rings (SSSR count). The van der Waals surface area contributed by atoms with Crippen molar-refractivity contribution in [1.82, 2.24) is 5.32 Å². The average Bonchev–Trinajstić information content (AvgIpc) is 2.01. The Morgan fingerprint density at radius 2 is 1.92 bits per heavy atom. The number of amides is 1. The fourth-order valence-electron chi connectivity index (χ4n) is 1.52. The predicted molar refractivity (Wildman–Crippen MR) is 55.3 cm³/mol. The lowest BCUT2D eigenvalue weighted by molar-refractivity contribution is -0.122. The lowest BCUT2D eigenvalue weighted by atomic mass is 9.76. The first-order valence-electron chi connectivity index (χ1n) is 4.77. The maximum absolute atomic E-state index is 11.2. The molecule has 0 aliphatic carbocycles. The predicted octanol–water partition coefficient (Wildman–Crippen LogP) is 1.13. The van der Waals surface area contributed by atoms with E-state index < -0.39 is 0 Å². The van der Waals surface area contributed by atoms with E-state index >= 15 is 0 Å². The quantitative estimate of drug-likeness (QED) is 0.691. The van der Waals surface area contributed by atoms with E-state index in [4.69, 9.17) is 5.73 Å². The van der Waals surface area contributed by atoms with Crippen LogP contribution < -0.4 is 11.1 Å². The second-order valence-electron chi connectivity index (χ2n) is 4.61. The molecule has 0 saturated heterocycles. The molecule has 0 aliphatic heterocycles. The second-order valence-corrected chi connectivity index (χ2v) is 4.61. The summed E-state index contributed by atoms with van der Waals surface area (Å²) in [5.74, 6) is 0.459. The highest BCUT2D eigenvalue weighted by atomic mass is 16.1. The summed E-state index contributed by atoms with van der Waals surface area (Å²) < 4.78 is 0. The van der Waals surface area contributed by atoms with Crippen LogP contribution in [0.15, 0.2) is 0 Å². The Morgan fingerprint density at radius 3 is 2.23 bits per heavy atom. The van der Waals surface area contributed by atoms with E-state index in [9.17, 15) is 4.79 Å². The molecule has 0 aliphatic rings. The minimum atomic E-state index is -0.131. The van der Waals surface area contributed by atoms with Crippen molar-refractivity contribution < 1.29 is 4.79 Å². The third-order valence-corrected chi connectivity index (χ3v) is 2.52. The van der Waals surface area contributed by atoms with Crippen LogP contribution in [0, 0.1) is 11.3 Å². The molecule has 0 aromatic heterocycles. The zero-order valence-corrected chi connectivity index (χ0v) is 9.35. The Hall–Kier alpha value is -0.570. The average molecular weight is 186 g/mol. The van der Waals surface area contributed by atoms with Crippen LogP contribution in [0.3, 0.4) is 0 Å². The molecule has 0 aromatic carbocycles. The van der Waals surface area contributed by atoms with Crippen molar-refractivity contribution in [1.29, 1.82) is 0 Å². The first kappa shape index (κ1) is 12.4. The van der Waals surface area contributed by atoms with Crippen molar-refractivity contribution >= 4 is 5.91 Å². The third kappa shape index (κ3) is 3.77. The second kappa shape index (κ2) is 4.61. The molecule has 0 heterocycles. The maximum Gasteiger partial charge on any atom is 0.220 e. The van der Waals surface area contributed by atoms with Crippen LogP contribution in [-0.2, 0) is 4.79 Å². The first-order chi connectivity index (χ1) is 5.81. The summed E-state index contributed by atoms with van der Waals surface area (Å²) >= 11 is 0. The van der Waals surface area contributed by atoms with Gasteiger partial charge in [-0.1, -0.05) is 27.7 Å². The summed E-state index contributed by atoms with van der Waals surface area (Å²) in [6.07, 6.45) is 0.489. The lowest BCUT2D eigenvalue weighted by Gasteiger charge is -2.33. The van der Waals surface area contributed by atoms with Gasteiger partial charge in [-0.15, -0.1) is 0 Å². The van der Waals surface area contributed by atoms with Gasteiger partial charge in [0.1, 0.15) is 0 Å². The van der Waals surface area contributed by atoms with E-state index in [1.807, 2.05) is 13.8 Å². The summed E-state index contributed by atoms with van der Waals surface area (Å²) in [6, 6.07) is 0.0600. The normalized spacial score (nSPS) is 14.4. The molecule has 0 bridgehead atoms. The summed E-state index contributed by atoms with van der Waals surface area (Å²) in [4.78, 5) is 11.2. The highest BCUT2D eigenvalue weighted by Gasteiger charge is 2.30. The van der Waals surface area contributed by atoms with Gasteiger partial charge in [0, 0.05) is 19.5 Å². The Balaban J connectivity index is 4.29. The Bertz CT molecular complexity index is 176.